The average Bonchev–Trinajstić information content (AvgIpc) is 2.08. The first-order valence-electron chi connectivity index (χ1n) is 4.67. The van der Waals surface area contributed by atoms with Gasteiger partial charge in [-0.05, 0) is 18.2 Å². The van der Waals surface area contributed by atoms with Crippen LogP contribution in [0.4, 0.5) is 15.8 Å². The van der Waals surface area contributed by atoms with Gasteiger partial charge in [0, 0.05) is 5.41 Å². The van der Waals surface area contributed by atoms with Crippen LogP contribution < -0.4 is 11.1 Å². The number of nitrogens with one attached hydrogen (secondary N) is 1. The van der Waals surface area contributed by atoms with Gasteiger partial charge in [0.1, 0.15) is 5.82 Å². The summed E-state index contributed by atoms with van der Waals surface area (Å²) in [7, 11) is 0. The number of benzene rings is 1. The lowest BCUT2D eigenvalue weighted by atomic mass is 9.95. The van der Waals surface area contributed by atoms with Crippen molar-refractivity contribution in [3.63, 3.8) is 0 Å². The maximum absolute atomic E-state index is 12.7. The molecule has 0 aliphatic heterocycles. The van der Waals surface area contributed by atoms with Crippen LogP contribution in [-0.2, 0) is 4.79 Å². The van der Waals surface area contributed by atoms with Gasteiger partial charge in [0.15, 0.2) is 0 Å². The van der Waals surface area contributed by atoms with Gasteiger partial charge in [0.05, 0.1) is 11.4 Å². The monoisotopic (exact) mass is 210 g/mol. The molecule has 0 atom stereocenters. The number of carbonyl (C=O) groups is 1. The minimum absolute atomic E-state index is 0.152. The summed E-state index contributed by atoms with van der Waals surface area (Å²) >= 11 is 0. The second-order valence-electron chi connectivity index (χ2n) is 4.44. The molecule has 15 heavy (non-hydrogen) atoms. The lowest BCUT2D eigenvalue weighted by Crippen LogP contribution is -2.27. The van der Waals surface area contributed by atoms with E-state index in [2.05, 4.69) is 5.32 Å². The van der Waals surface area contributed by atoms with Crippen molar-refractivity contribution in [2.75, 3.05) is 11.1 Å². The lowest BCUT2D eigenvalue weighted by Gasteiger charge is -2.18. The van der Waals surface area contributed by atoms with Gasteiger partial charge in [0.2, 0.25) is 5.91 Å². The number of hydrogen-bond donors (Lipinski definition) is 2. The van der Waals surface area contributed by atoms with Gasteiger partial charge < -0.3 is 11.1 Å². The molecule has 0 unspecified atom stereocenters. The predicted octanol–water partition coefficient (Wildman–Crippen LogP) is 2.39. The van der Waals surface area contributed by atoms with Crippen molar-refractivity contribution >= 4 is 17.3 Å². The second kappa shape index (κ2) is 3.88. The Morgan fingerprint density at radius 1 is 1.40 bits per heavy atom. The van der Waals surface area contributed by atoms with Crippen LogP contribution in [0, 0.1) is 11.2 Å². The molecule has 3 nitrogen and oxygen atoms in total. The molecule has 1 aromatic rings. The number of anilines is 2. The predicted molar refractivity (Wildman–Crippen MR) is 58.9 cm³/mol. The largest absolute Gasteiger partial charge is 0.397 e. The molecule has 0 fully saturated rings. The summed E-state index contributed by atoms with van der Waals surface area (Å²) in [5.74, 6) is -0.568. The molecule has 3 N–H and O–H groups in total. The van der Waals surface area contributed by atoms with E-state index < -0.39 is 11.2 Å². The summed E-state index contributed by atoms with van der Waals surface area (Å²) in [6, 6.07) is 3.89. The number of rotatable bonds is 1. The third-order valence-electron chi connectivity index (χ3n) is 1.94. The molecule has 82 valence electrons. The molecule has 0 radical (unpaired) electrons. The van der Waals surface area contributed by atoms with E-state index in [1.807, 2.05) is 0 Å². The Labute approximate surface area is 88.5 Å². The van der Waals surface area contributed by atoms with Gasteiger partial charge in [-0.3, -0.25) is 4.79 Å². The summed E-state index contributed by atoms with van der Waals surface area (Å²) in [6.45, 7) is 5.38. The average molecular weight is 210 g/mol. The van der Waals surface area contributed by atoms with Crippen LogP contribution in [0.2, 0.25) is 0 Å². The van der Waals surface area contributed by atoms with E-state index in [4.69, 9.17) is 5.73 Å². The van der Waals surface area contributed by atoms with Gasteiger partial charge in [-0.2, -0.15) is 0 Å². The normalized spacial score (nSPS) is 11.2. The Kier molecular flexibility index (Phi) is 2.98. The minimum Gasteiger partial charge on any atom is -0.397 e. The molecule has 1 rings (SSSR count). The number of nitrogens with two attached hydrogens (primary N) is 1. The van der Waals surface area contributed by atoms with Gasteiger partial charge in [-0.15, -0.1) is 0 Å². The summed E-state index contributed by atoms with van der Waals surface area (Å²) in [4.78, 5) is 11.6. The highest BCUT2D eigenvalue weighted by Crippen LogP contribution is 2.22. The number of amides is 1. The highest BCUT2D eigenvalue weighted by molar-refractivity contribution is 5.96. The quantitative estimate of drug-likeness (QED) is 0.699. The highest BCUT2D eigenvalue weighted by Gasteiger charge is 2.21. The van der Waals surface area contributed by atoms with Crippen molar-refractivity contribution in [1.29, 1.82) is 0 Å². The molecule has 1 amide bonds. The number of halogens is 1. The molecule has 0 bridgehead atoms. The van der Waals surface area contributed by atoms with Crippen LogP contribution in [0.15, 0.2) is 18.2 Å². The zero-order chi connectivity index (χ0) is 11.6. The van der Waals surface area contributed by atoms with E-state index in [9.17, 15) is 9.18 Å². The van der Waals surface area contributed by atoms with E-state index in [-0.39, 0.29) is 11.6 Å². The van der Waals surface area contributed by atoms with Crippen molar-refractivity contribution in [2.45, 2.75) is 20.8 Å². The number of hydrogen-bond acceptors (Lipinski definition) is 2. The molecule has 4 heteroatoms. The SMILES string of the molecule is CC(C)(C)C(=O)Nc1ccc(F)cc1N. The molecule has 0 saturated carbocycles. The standard InChI is InChI=1S/C11H15FN2O/c1-11(2,3)10(15)14-9-5-4-7(12)6-8(9)13/h4-6H,13H2,1-3H3,(H,14,15). The third kappa shape index (κ3) is 2.94. The Bertz CT molecular complexity index is 383. The Morgan fingerprint density at radius 3 is 2.47 bits per heavy atom. The highest BCUT2D eigenvalue weighted by atomic mass is 19.1. The van der Waals surface area contributed by atoms with Crippen LogP contribution >= 0.6 is 0 Å². The van der Waals surface area contributed by atoms with E-state index in [0.29, 0.717) is 5.69 Å². The van der Waals surface area contributed by atoms with Gasteiger partial charge in [0.25, 0.3) is 0 Å². The Morgan fingerprint density at radius 2 is 2.00 bits per heavy atom. The Hall–Kier alpha value is -1.58. The van der Waals surface area contributed by atoms with Crippen molar-refractivity contribution < 1.29 is 9.18 Å². The van der Waals surface area contributed by atoms with Crippen LogP contribution in [0.25, 0.3) is 0 Å². The summed E-state index contributed by atoms with van der Waals surface area (Å²) in [6.07, 6.45) is 0. The maximum Gasteiger partial charge on any atom is 0.229 e. The molecule has 0 saturated heterocycles. The third-order valence-corrected chi connectivity index (χ3v) is 1.94. The first kappa shape index (κ1) is 11.5. The molecule has 0 heterocycles. The summed E-state index contributed by atoms with van der Waals surface area (Å²) in [5, 5.41) is 2.65. The Balaban J connectivity index is 2.87. The van der Waals surface area contributed by atoms with Crippen molar-refractivity contribution in [2.24, 2.45) is 5.41 Å². The molecule has 0 aliphatic rings. The molecular formula is C11H15FN2O. The smallest absolute Gasteiger partial charge is 0.229 e. The topological polar surface area (TPSA) is 55.1 Å². The molecule has 1 aromatic carbocycles. The van der Waals surface area contributed by atoms with E-state index >= 15 is 0 Å². The fourth-order valence-corrected chi connectivity index (χ4v) is 0.957. The first-order chi connectivity index (χ1) is 6.80. The fraction of sp³-hybridized carbons (Fsp3) is 0.364. The summed E-state index contributed by atoms with van der Waals surface area (Å²) < 4.78 is 12.7. The zero-order valence-corrected chi connectivity index (χ0v) is 9.10. The fourth-order valence-electron chi connectivity index (χ4n) is 0.957. The molecular weight excluding hydrogens is 195 g/mol. The number of carbonyl (C=O) groups excluding carboxylic acids is 1. The van der Waals surface area contributed by atoms with Crippen LogP contribution in [-0.4, -0.2) is 5.91 Å². The second-order valence-corrected chi connectivity index (χ2v) is 4.44. The summed E-state index contributed by atoms with van der Waals surface area (Å²) in [5.41, 5.74) is 5.73. The van der Waals surface area contributed by atoms with Gasteiger partial charge >= 0.3 is 0 Å². The maximum atomic E-state index is 12.7. The van der Waals surface area contributed by atoms with Crippen LogP contribution in [0.3, 0.4) is 0 Å². The molecule has 0 aliphatic carbocycles. The van der Waals surface area contributed by atoms with Crippen molar-refractivity contribution in [3.8, 4) is 0 Å². The van der Waals surface area contributed by atoms with Crippen molar-refractivity contribution in [1.82, 2.24) is 0 Å². The van der Waals surface area contributed by atoms with E-state index in [1.54, 1.807) is 20.8 Å². The van der Waals surface area contributed by atoms with Gasteiger partial charge in [-0.1, -0.05) is 20.8 Å². The van der Waals surface area contributed by atoms with E-state index in [1.165, 1.54) is 18.2 Å². The number of nitrogen functional groups attached to an aromatic ring is 1. The van der Waals surface area contributed by atoms with E-state index in [0.717, 1.165) is 0 Å². The van der Waals surface area contributed by atoms with Crippen LogP contribution in [0.1, 0.15) is 20.8 Å². The first-order valence-corrected chi connectivity index (χ1v) is 4.67. The lowest BCUT2D eigenvalue weighted by molar-refractivity contribution is -0.123. The van der Waals surface area contributed by atoms with Gasteiger partial charge in [-0.25, -0.2) is 4.39 Å². The van der Waals surface area contributed by atoms with Crippen LogP contribution in [0.5, 0.6) is 0 Å². The zero-order valence-electron chi connectivity index (χ0n) is 9.10. The molecule has 0 spiro atoms. The minimum atomic E-state index is -0.499. The van der Waals surface area contributed by atoms with Crippen molar-refractivity contribution in [3.05, 3.63) is 24.0 Å². The molecule has 0 aromatic heterocycles.